The molecule has 0 spiro atoms. The van der Waals surface area contributed by atoms with E-state index in [9.17, 15) is 4.79 Å². The molecule has 1 fully saturated rings. The van der Waals surface area contributed by atoms with Gasteiger partial charge in [0.15, 0.2) is 0 Å². The number of amides is 1. The lowest BCUT2D eigenvalue weighted by atomic mass is 10.0. The standard InChI is InChI=1S/C18H24N4O.ClH/c23-18(7-6-16-8-10-19-12-16)20-13-15-2-4-17(5-3-15)14-22-11-1-9-21-22;/h1-5,9,11,16,19H,6-8,10,12-14H2,(H,20,23);1H. The van der Waals surface area contributed by atoms with Gasteiger partial charge in [-0.2, -0.15) is 5.10 Å². The van der Waals surface area contributed by atoms with E-state index in [1.54, 1.807) is 6.20 Å². The van der Waals surface area contributed by atoms with E-state index in [1.807, 2.05) is 16.9 Å². The van der Waals surface area contributed by atoms with Crippen LogP contribution in [0.5, 0.6) is 0 Å². The third kappa shape index (κ3) is 5.65. The van der Waals surface area contributed by atoms with Gasteiger partial charge in [0.1, 0.15) is 0 Å². The highest BCUT2D eigenvalue weighted by Gasteiger charge is 2.15. The molecule has 130 valence electrons. The van der Waals surface area contributed by atoms with Crippen molar-refractivity contribution >= 4 is 18.3 Å². The number of halogens is 1. The average molecular weight is 349 g/mol. The van der Waals surface area contributed by atoms with Gasteiger partial charge in [-0.25, -0.2) is 0 Å². The summed E-state index contributed by atoms with van der Waals surface area (Å²) in [5, 5.41) is 10.5. The zero-order chi connectivity index (χ0) is 15.9. The van der Waals surface area contributed by atoms with Gasteiger partial charge in [0.05, 0.1) is 6.54 Å². The lowest BCUT2D eigenvalue weighted by Gasteiger charge is -2.09. The minimum Gasteiger partial charge on any atom is -0.352 e. The molecule has 1 unspecified atom stereocenters. The van der Waals surface area contributed by atoms with Crippen LogP contribution in [0.3, 0.4) is 0 Å². The van der Waals surface area contributed by atoms with Crippen LogP contribution in [0.2, 0.25) is 0 Å². The Balaban J connectivity index is 0.00000208. The second-order valence-corrected chi connectivity index (χ2v) is 6.19. The maximum atomic E-state index is 11.9. The quantitative estimate of drug-likeness (QED) is 0.807. The molecule has 1 atom stereocenters. The minimum atomic E-state index is 0. The highest BCUT2D eigenvalue weighted by molar-refractivity contribution is 5.85. The highest BCUT2D eigenvalue weighted by Crippen LogP contribution is 2.14. The number of carbonyl (C=O) groups is 1. The summed E-state index contributed by atoms with van der Waals surface area (Å²) in [6, 6.07) is 10.2. The van der Waals surface area contributed by atoms with E-state index in [0.29, 0.717) is 18.9 Å². The van der Waals surface area contributed by atoms with Gasteiger partial charge in [-0.1, -0.05) is 24.3 Å². The third-order valence-corrected chi connectivity index (χ3v) is 4.36. The molecule has 0 radical (unpaired) electrons. The Kier molecular flexibility index (Phi) is 7.28. The van der Waals surface area contributed by atoms with Crippen LogP contribution in [0.15, 0.2) is 42.7 Å². The average Bonchev–Trinajstić information content (AvgIpc) is 3.26. The van der Waals surface area contributed by atoms with Gasteiger partial charge in [-0.05, 0) is 49.0 Å². The van der Waals surface area contributed by atoms with Crippen molar-refractivity contribution in [1.82, 2.24) is 20.4 Å². The molecule has 0 bridgehead atoms. The lowest BCUT2D eigenvalue weighted by molar-refractivity contribution is -0.121. The van der Waals surface area contributed by atoms with Crippen molar-refractivity contribution in [2.75, 3.05) is 13.1 Å². The fourth-order valence-electron chi connectivity index (χ4n) is 2.93. The summed E-state index contributed by atoms with van der Waals surface area (Å²) in [5.74, 6) is 0.819. The van der Waals surface area contributed by atoms with Gasteiger partial charge >= 0.3 is 0 Å². The van der Waals surface area contributed by atoms with Gasteiger partial charge < -0.3 is 10.6 Å². The maximum Gasteiger partial charge on any atom is 0.220 e. The zero-order valence-electron chi connectivity index (χ0n) is 13.8. The molecule has 1 aromatic heterocycles. The molecule has 1 aliphatic heterocycles. The molecule has 5 nitrogen and oxygen atoms in total. The number of benzene rings is 1. The van der Waals surface area contributed by atoms with E-state index in [1.165, 1.54) is 12.0 Å². The number of hydrogen-bond acceptors (Lipinski definition) is 3. The molecule has 1 aliphatic rings. The predicted octanol–water partition coefficient (Wildman–Crippen LogP) is 2.36. The molecule has 24 heavy (non-hydrogen) atoms. The topological polar surface area (TPSA) is 59.0 Å². The van der Waals surface area contributed by atoms with Crippen molar-refractivity contribution in [3.63, 3.8) is 0 Å². The van der Waals surface area contributed by atoms with Gasteiger partial charge in [0, 0.05) is 25.4 Å². The molecule has 3 rings (SSSR count). The van der Waals surface area contributed by atoms with Gasteiger partial charge in [-0.3, -0.25) is 9.48 Å². The van der Waals surface area contributed by atoms with Gasteiger partial charge in [-0.15, -0.1) is 12.4 Å². The van der Waals surface area contributed by atoms with Gasteiger partial charge in [0.25, 0.3) is 0 Å². The molecule has 1 amide bonds. The van der Waals surface area contributed by atoms with Crippen LogP contribution >= 0.6 is 12.4 Å². The summed E-state index contributed by atoms with van der Waals surface area (Å²) in [6.45, 7) is 3.53. The summed E-state index contributed by atoms with van der Waals surface area (Å²) in [5.41, 5.74) is 2.34. The Bertz CT molecular complexity index is 606. The monoisotopic (exact) mass is 348 g/mol. The first-order chi connectivity index (χ1) is 11.3. The molecular formula is C18H25ClN4O. The summed E-state index contributed by atoms with van der Waals surface area (Å²) in [4.78, 5) is 11.9. The fourth-order valence-corrected chi connectivity index (χ4v) is 2.93. The molecule has 1 aromatic carbocycles. The van der Waals surface area contributed by atoms with E-state index in [-0.39, 0.29) is 18.3 Å². The van der Waals surface area contributed by atoms with Crippen LogP contribution in [0.1, 0.15) is 30.4 Å². The van der Waals surface area contributed by atoms with Crippen molar-refractivity contribution in [2.24, 2.45) is 5.92 Å². The molecular weight excluding hydrogens is 324 g/mol. The van der Waals surface area contributed by atoms with Crippen LogP contribution in [-0.4, -0.2) is 28.8 Å². The summed E-state index contributed by atoms with van der Waals surface area (Å²) in [7, 11) is 0. The van der Waals surface area contributed by atoms with Crippen molar-refractivity contribution in [2.45, 2.75) is 32.4 Å². The summed E-state index contributed by atoms with van der Waals surface area (Å²) in [6.07, 6.45) is 6.55. The normalized spacial score (nSPS) is 16.6. The van der Waals surface area contributed by atoms with Gasteiger partial charge in [0.2, 0.25) is 5.91 Å². The molecule has 0 saturated carbocycles. The molecule has 2 aromatic rings. The van der Waals surface area contributed by atoms with Crippen molar-refractivity contribution < 1.29 is 4.79 Å². The van der Waals surface area contributed by atoms with E-state index < -0.39 is 0 Å². The van der Waals surface area contributed by atoms with E-state index in [2.05, 4.69) is 40.0 Å². The predicted molar refractivity (Wildman–Crippen MR) is 97.1 cm³/mol. The summed E-state index contributed by atoms with van der Waals surface area (Å²) >= 11 is 0. The van der Waals surface area contributed by atoms with Crippen molar-refractivity contribution in [1.29, 1.82) is 0 Å². The minimum absolute atomic E-state index is 0. The molecule has 6 heteroatoms. The smallest absolute Gasteiger partial charge is 0.220 e. The number of aromatic nitrogens is 2. The lowest BCUT2D eigenvalue weighted by Crippen LogP contribution is -2.23. The molecule has 0 aliphatic carbocycles. The SMILES string of the molecule is Cl.O=C(CCC1CCNC1)NCc1ccc(Cn2cccn2)cc1. The number of rotatable bonds is 7. The molecule has 2 N–H and O–H groups in total. The number of nitrogens with zero attached hydrogens (tertiary/aromatic N) is 2. The van der Waals surface area contributed by atoms with Crippen LogP contribution in [0.25, 0.3) is 0 Å². The van der Waals surface area contributed by atoms with Crippen LogP contribution < -0.4 is 10.6 Å². The Labute approximate surface area is 149 Å². The number of nitrogens with one attached hydrogen (secondary N) is 2. The highest BCUT2D eigenvalue weighted by atomic mass is 35.5. The number of hydrogen-bond donors (Lipinski definition) is 2. The zero-order valence-corrected chi connectivity index (χ0v) is 14.6. The molecule has 2 heterocycles. The first-order valence-corrected chi connectivity index (χ1v) is 8.32. The Morgan fingerprint density at radius 2 is 2.08 bits per heavy atom. The molecule has 1 saturated heterocycles. The van der Waals surface area contributed by atoms with Crippen molar-refractivity contribution in [3.05, 3.63) is 53.9 Å². The fraction of sp³-hybridized carbons (Fsp3) is 0.444. The summed E-state index contributed by atoms with van der Waals surface area (Å²) < 4.78 is 1.90. The Morgan fingerprint density at radius 1 is 1.29 bits per heavy atom. The third-order valence-electron chi connectivity index (χ3n) is 4.36. The Hall–Kier alpha value is -1.85. The maximum absolute atomic E-state index is 11.9. The van der Waals surface area contributed by atoms with E-state index in [4.69, 9.17) is 0 Å². The van der Waals surface area contributed by atoms with Crippen LogP contribution in [0, 0.1) is 5.92 Å². The first kappa shape index (κ1) is 18.5. The number of carbonyl (C=O) groups excluding carboxylic acids is 1. The largest absolute Gasteiger partial charge is 0.352 e. The second kappa shape index (κ2) is 9.45. The van der Waals surface area contributed by atoms with Crippen molar-refractivity contribution in [3.8, 4) is 0 Å². The van der Waals surface area contributed by atoms with E-state index >= 15 is 0 Å². The van der Waals surface area contributed by atoms with Crippen LogP contribution in [0.4, 0.5) is 0 Å². The second-order valence-electron chi connectivity index (χ2n) is 6.19. The van der Waals surface area contributed by atoms with Crippen LogP contribution in [-0.2, 0) is 17.9 Å². The van der Waals surface area contributed by atoms with E-state index in [0.717, 1.165) is 31.6 Å². The first-order valence-electron chi connectivity index (χ1n) is 8.32. The Morgan fingerprint density at radius 3 is 2.75 bits per heavy atom.